The van der Waals surface area contributed by atoms with Crippen molar-refractivity contribution in [3.8, 4) is 17.3 Å². The number of hydrogen-bond donors (Lipinski definition) is 4. The van der Waals surface area contributed by atoms with Crippen LogP contribution in [-0.2, 0) is 9.59 Å². The molecule has 13 heteroatoms. The fraction of sp³-hybridized carbons (Fsp3) is 0.367. The largest absolute Gasteiger partial charge is 0.346 e. The normalized spacial score (nSPS) is 22.3. The van der Waals surface area contributed by atoms with Crippen LogP contribution < -0.4 is 21.3 Å². The average Bonchev–Trinajstić information content (AvgIpc) is 3.36. The van der Waals surface area contributed by atoms with E-state index in [0.717, 1.165) is 11.1 Å². The third-order valence-corrected chi connectivity index (χ3v) is 7.46. The van der Waals surface area contributed by atoms with Gasteiger partial charge < -0.3 is 16.0 Å². The number of pyridine rings is 1. The monoisotopic (exact) mass is 586 g/mol. The van der Waals surface area contributed by atoms with Crippen LogP contribution in [0.5, 0.6) is 0 Å². The number of amides is 2. The van der Waals surface area contributed by atoms with E-state index in [-0.39, 0.29) is 29.4 Å². The number of nitriles is 1. The lowest BCUT2D eigenvalue weighted by molar-refractivity contribution is -0.124. The van der Waals surface area contributed by atoms with Gasteiger partial charge in [0, 0.05) is 30.4 Å². The van der Waals surface area contributed by atoms with Crippen molar-refractivity contribution in [1.29, 1.82) is 5.26 Å². The number of carbonyl (C=O) groups is 2. The molecular weight excluding hydrogens is 551 g/mol. The third kappa shape index (κ3) is 7.03. The van der Waals surface area contributed by atoms with Gasteiger partial charge in [-0.05, 0) is 56.5 Å². The summed E-state index contributed by atoms with van der Waals surface area (Å²) in [6.45, 7) is 8.63. The van der Waals surface area contributed by atoms with E-state index in [9.17, 15) is 14.0 Å². The van der Waals surface area contributed by atoms with Crippen molar-refractivity contribution in [2.75, 3.05) is 17.7 Å². The zero-order valence-electron chi connectivity index (χ0n) is 24.6. The molecule has 2 aromatic rings. The lowest BCUT2D eigenvalue weighted by Crippen LogP contribution is -2.44. The summed E-state index contributed by atoms with van der Waals surface area (Å²) in [6, 6.07) is 7.33. The smallest absolute Gasteiger partial charge is 0.249 e. The van der Waals surface area contributed by atoms with E-state index in [1.165, 1.54) is 11.1 Å². The molecule has 3 heterocycles. The molecule has 4 atom stereocenters. The van der Waals surface area contributed by atoms with Gasteiger partial charge >= 0.3 is 0 Å². The second-order valence-electron chi connectivity index (χ2n) is 10.4. The first-order valence-corrected chi connectivity index (χ1v) is 14.0. The maximum Gasteiger partial charge on any atom is 0.249 e. The summed E-state index contributed by atoms with van der Waals surface area (Å²) in [5.41, 5.74) is 3.55. The second kappa shape index (κ2) is 13.7. The molecule has 0 radical (unpaired) electrons. The number of nitrogens with zero attached hydrogens (tertiary/aromatic N) is 6. The van der Waals surface area contributed by atoms with Crippen molar-refractivity contribution < 1.29 is 14.0 Å². The first-order chi connectivity index (χ1) is 20.7. The van der Waals surface area contributed by atoms with Crippen LogP contribution in [0.1, 0.15) is 51.8 Å². The van der Waals surface area contributed by atoms with Crippen LogP contribution in [0.3, 0.4) is 0 Å². The number of fused-ring (bicyclic) bond motifs is 4. The summed E-state index contributed by atoms with van der Waals surface area (Å²) < 4.78 is 14.0. The molecule has 12 nitrogen and oxygen atoms in total. The second-order valence-corrected chi connectivity index (χ2v) is 10.4. The highest BCUT2D eigenvalue weighted by atomic mass is 19.1. The molecule has 0 spiro atoms. The minimum Gasteiger partial charge on any atom is -0.346 e. The highest BCUT2D eigenvalue weighted by Gasteiger charge is 2.37. The Balaban J connectivity index is 1.65. The zero-order valence-corrected chi connectivity index (χ0v) is 24.6. The topological polar surface area (TPSA) is 159 Å². The van der Waals surface area contributed by atoms with Crippen LogP contribution in [0, 0.1) is 17.4 Å². The molecule has 0 saturated carbocycles. The Bertz CT molecular complexity index is 1530. The predicted octanol–water partition coefficient (Wildman–Crippen LogP) is 4.96. The Morgan fingerprint density at radius 1 is 1.28 bits per heavy atom. The van der Waals surface area contributed by atoms with Crippen LogP contribution in [0.25, 0.3) is 11.1 Å². The van der Waals surface area contributed by atoms with Crippen molar-refractivity contribution in [3.63, 3.8) is 0 Å². The molecule has 1 aromatic carbocycles. The molecule has 4 N–H and O–H groups in total. The Kier molecular flexibility index (Phi) is 9.82. The molecule has 0 fully saturated rings. The van der Waals surface area contributed by atoms with Crippen molar-refractivity contribution in [2.24, 2.45) is 21.2 Å². The van der Waals surface area contributed by atoms with E-state index in [2.05, 4.69) is 48.2 Å². The number of benzene rings is 1. The van der Waals surface area contributed by atoms with Crippen LogP contribution in [0.15, 0.2) is 76.0 Å². The molecule has 0 aliphatic carbocycles. The van der Waals surface area contributed by atoms with Crippen LogP contribution in [-0.4, -0.2) is 46.9 Å². The van der Waals surface area contributed by atoms with Crippen molar-refractivity contribution in [1.82, 2.24) is 20.6 Å². The molecule has 4 rings (SSSR count). The van der Waals surface area contributed by atoms with Gasteiger partial charge in [-0.2, -0.15) is 10.4 Å². The fourth-order valence-electron chi connectivity index (χ4n) is 5.06. The Morgan fingerprint density at radius 2 is 2.07 bits per heavy atom. The number of hydrogen-bond acceptors (Lipinski definition) is 8. The van der Waals surface area contributed by atoms with Gasteiger partial charge in [-0.3, -0.25) is 24.9 Å². The number of anilines is 2. The number of nitrogens with one attached hydrogen (secondary N) is 4. The van der Waals surface area contributed by atoms with Gasteiger partial charge in [0.2, 0.25) is 17.8 Å². The number of rotatable bonds is 5. The number of carbonyl (C=O) groups excluding carboxylic acids is 2. The zero-order chi connectivity index (χ0) is 31.1. The lowest BCUT2D eigenvalue weighted by atomic mass is 9.95. The minimum atomic E-state index is -0.859. The SMILES string of the molecule is C=C(F)C(=CC)N1N=NC(C(=O)NC2CCCC(C)C(=O)Nc3cc(NC(=NC)NC#N)ccc3-c3ccnc2c3)C1C. The van der Waals surface area contributed by atoms with Crippen LogP contribution >= 0.6 is 0 Å². The molecule has 2 aliphatic heterocycles. The van der Waals surface area contributed by atoms with E-state index in [1.807, 2.05) is 37.4 Å². The van der Waals surface area contributed by atoms with E-state index >= 15 is 0 Å². The van der Waals surface area contributed by atoms with E-state index in [4.69, 9.17) is 5.26 Å². The quantitative estimate of drug-likeness (QED) is 0.127. The lowest BCUT2D eigenvalue weighted by Gasteiger charge is -2.25. The van der Waals surface area contributed by atoms with Crippen LogP contribution in [0.2, 0.25) is 0 Å². The average molecular weight is 587 g/mol. The molecule has 2 aliphatic rings. The van der Waals surface area contributed by atoms with E-state index in [1.54, 1.807) is 33.2 Å². The predicted molar refractivity (Wildman–Crippen MR) is 162 cm³/mol. The van der Waals surface area contributed by atoms with Crippen molar-refractivity contribution in [3.05, 3.63) is 66.4 Å². The molecule has 0 saturated heterocycles. The summed E-state index contributed by atoms with van der Waals surface area (Å²) in [5.74, 6) is -1.19. The van der Waals surface area contributed by atoms with Crippen molar-refractivity contribution in [2.45, 2.75) is 58.2 Å². The maximum atomic E-state index is 14.0. The summed E-state index contributed by atoms with van der Waals surface area (Å²) in [7, 11) is 1.55. The van der Waals surface area contributed by atoms with Gasteiger partial charge in [-0.1, -0.05) is 37.3 Å². The number of aromatic nitrogens is 1. The van der Waals surface area contributed by atoms with Gasteiger partial charge in [-0.15, -0.1) is 0 Å². The van der Waals surface area contributed by atoms with Crippen molar-refractivity contribution >= 4 is 29.1 Å². The third-order valence-electron chi connectivity index (χ3n) is 7.46. The summed E-state index contributed by atoms with van der Waals surface area (Å²) >= 11 is 0. The Morgan fingerprint density at radius 3 is 2.77 bits per heavy atom. The summed E-state index contributed by atoms with van der Waals surface area (Å²) in [6.07, 6.45) is 6.81. The molecule has 43 heavy (non-hydrogen) atoms. The standard InChI is InChI=1S/C30H35FN10O2/c1-6-26(18(3)31)41-19(4)27(39-40-41)29(43)37-23-9-7-8-17(2)28(42)38-24-15-21(36-30(33-5)35-16-32)10-11-22(24)20-12-13-34-25(23)14-20/h6,10-15,17,19,23,27H,3,7-9H2,1-2,4-5H3,(H,37,43)(H,38,42)(H2,33,35,36). The first kappa shape index (κ1) is 30.8. The molecular formula is C30H35FN10O2. The van der Waals surface area contributed by atoms with E-state index in [0.29, 0.717) is 36.3 Å². The minimum absolute atomic E-state index is 0.136. The van der Waals surface area contributed by atoms with Gasteiger partial charge in [0.15, 0.2) is 12.2 Å². The number of aliphatic imine (C=N–C) groups is 1. The maximum absolute atomic E-state index is 14.0. The number of allylic oxidation sites excluding steroid dienone is 2. The first-order valence-electron chi connectivity index (χ1n) is 14.0. The Hall–Kier alpha value is -5.12. The fourth-order valence-corrected chi connectivity index (χ4v) is 5.06. The molecule has 2 amide bonds. The summed E-state index contributed by atoms with van der Waals surface area (Å²) in [4.78, 5) is 35.2. The van der Waals surface area contributed by atoms with Crippen LogP contribution in [0.4, 0.5) is 15.8 Å². The van der Waals surface area contributed by atoms with Gasteiger partial charge in [0.05, 0.1) is 29.2 Å². The van der Waals surface area contributed by atoms with E-state index < -0.39 is 24.0 Å². The Labute approximate surface area is 249 Å². The molecule has 2 bridgehead atoms. The highest BCUT2D eigenvalue weighted by Crippen LogP contribution is 2.34. The van der Waals surface area contributed by atoms with Gasteiger partial charge in [0.25, 0.3) is 0 Å². The van der Waals surface area contributed by atoms with Gasteiger partial charge in [-0.25, -0.2) is 9.40 Å². The highest BCUT2D eigenvalue weighted by molar-refractivity contribution is 6.00. The summed E-state index contributed by atoms with van der Waals surface area (Å²) in [5, 5.41) is 30.1. The molecule has 224 valence electrons. The number of guanidine groups is 1. The molecule has 4 unspecified atom stereocenters. The molecule has 1 aromatic heterocycles. The van der Waals surface area contributed by atoms with Gasteiger partial charge in [0.1, 0.15) is 5.83 Å². The number of halogens is 1.